The van der Waals surface area contributed by atoms with Crippen LogP contribution in [0.2, 0.25) is 0 Å². The highest BCUT2D eigenvalue weighted by molar-refractivity contribution is 6.12. The van der Waals surface area contributed by atoms with Crippen LogP contribution in [0.15, 0.2) is 77.8 Å². The lowest BCUT2D eigenvalue weighted by molar-refractivity contribution is -0.137. The van der Waals surface area contributed by atoms with Crippen molar-refractivity contribution in [3.63, 3.8) is 0 Å². The maximum atomic E-state index is 13.9. The summed E-state index contributed by atoms with van der Waals surface area (Å²) in [6.45, 7) is 8.50. The Bertz CT molecular complexity index is 1340. The monoisotopic (exact) mass is 523 g/mol. The molecule has 0 fully saturated rings. The number of nitrogens with zero attached hydrogens (tertiary/aromatic N) is 3. The predicted molar refractivity (Wildman–Crippen MR) is 145 cm³/mol. The highest BCUT2D eigenvalue weighted by atomic mass is 19.4. The molecule has 1 aliphatic rings. The molecular formula is C30H32F3N3O2. The number of hydrogen-bond acceptors (Lipinski definition) is 4. The van der Waals surface area contributed by atoms with Gasteiger partial charge in [0.15, 0.2) is 0 Å². The van der Waals surface area contributed by atoms with Crippen molar-refractivity contribution >= 4 is 17.4 Å². The number of amides is 1. The number of aliphatic imine (C=N–C) groups is 1. The van der Waals surface area contributed by atoms with Crippen molar-refractivity contribution < 1.29 is 23.1 Å². The fourth-order valence-corrected chi connectivity index (χ4v) is 4.65. The van der Waals surface area contributed by atoms with E-state index < -0.39 is 23.4 Å². The molecule has 8 heteroatoms. The summed E-state index contributed by atoms with van der Waals surface area (Å²) in [6, 6.07) is 19.5. The van der Waals surface area contributed by atoms with Gasteiger partial charge in [-0.05, 0) is 69.2 Å². The van der Waals surface area contributed by atoms with Crippen LogP contribution < -0.4 is 4.90 Å². The minimum Gasteiger partial charge on any atom is -0.388 e. The standard InChI is InChI=1S/C30H32F3N3O2/c1-5-35(6-2)28(37)22-13-9-11-20(17-22)21-12-10-14-23(18-21)36-19-26(29(3,4)38)34-27(36)24-15-7-8-16-25(24)30(31,32)33/h7-18,26,38H,5-6,19H2,1-4H3. The van der Waals surface area contributed by atoms with Gasteiger partial charge >= 0.3 is 6.18 Å². The number of aliphatic hydroxyl groups is 1. The molecule has 1 aliphatic heterocycles. The van der Waals surface area contributed by atoms with E-state index in [9.17, 15) is 23.1 Å². The Morgan fingerprint density at radius 2 is 1.61 bits per heavy atom. The molecule has 0 aliphatic carbocycles. The number of rotatable bonds is 7. The third kappa shape index (κ3) is 5.60. The largest absolute Gasteiger partial charge is 0.417 e. The van der Waals surface area contributed by atoms with Gasteiger partial charge in [-0.2, -0.15) is 13.2 Å². The van der Waals surface area contributed by atoms with Gasteiger partial charge in [0.1, 0.15) is 5.84 Å². The summed E-state index contributed by atoms with van der Waals surface area (Å²) in [4.78, 5) is 20.9. The fraction of sp³-hybridized carbons (Fsp3) is 0.333. The van der Waals surface area contributed by atoms with Crippen LogP contribution in [0.3, 0.4) is 0 Å². The molecule has 200 valence electrons. The van der Waals surface area contributed by atoms with Crippen molar-refractivity contribution in [2.75, 3.05) is 24.5 Å². The normalized spacial score (nSPS) is 15.9. The zero-order valence-corrected chi connectivity index (χ0v) is 22.0. The number of hydrogen-bond donors (Lipinski definition) is 1. The lowest BCUT2D eigenvalue weighted by Gasteiger charge is -2.26. The lowest BCUT2D eigenvalue weighted by Crippen LogP contribution is -2.39. The van der Waals surface area contributed by atoms with Crippen LogP contribution in [-0.4, -0.2) is 53.0 Å². The molecule has 1 atom stereocenters. The van der Waals surface area contributed by atoms with Crippen LogP contribution >= 0.6 is 0 Å². The topological polar surface area (TPSA) is 56.1 Å². The molecule has 4 rings (SSSR count). The van der Waals surface area contributed by atoms with Gasteiger partial charge < -0.3 is 14.9 Å². The number of benzene rings is 3. The minimum absolute atomic E-state index is 0.0380. The molecule has 5 nitrogen and oxygen atoms in total. The Morgan fingerprint density at radius 1 is 0.974 bits per heavy atom. The Morgan fingerprint density at radius 3 is 2.24 bits per heavy atom. The van der Waals surface area contributed by atoms with Gasteiger partial charge in [-0.25, -0.2) is 0 Å². The summed E-state index contributed by atoms with van der Waals surface area (Å²) in [5, 5.41) is 10.7. The average Bonchev–Trinajstić information content (AvgIpc) is 3.35. The van der Waals surface area contributed by atoms with E-state index in [0.717, 1.165) is 17.2 Å². The molecule has 38 heavy (non-hydrogen) atoms. The van der Waals surface area contributed by atoms with Crippen LogP contribution in [0.1, 0.15) is 49.2 Å². The molecule has 0 saturated carbocycles. The van der Waals surface area contributed by atoms with E-state index in [1.165, 1.54) is 12.1 Å². The number of carbonyl (C=O) groups excluding carboxylic acids is 1. The van der Waals surface area contributed by atoms with E-state index in [0.29, 0.717) is 24.3 Å². The average molecular weight is 524 g/mol. The summed E-state index contributed by atoms with van der Waals surface area (Å²) in [7, 11) is 0. The first-order valence-corrected chi connectivity index (χ1v) is 12.7. The Balaban J connectivity index is 1.76. The van der Waals surface area contributed by atoms with Crippen molar-refractivity contribution in [1.29, 1.82) is 0 Å². The summed E-state index contributed by atoms with van der Waals surface area (Å²) in [5.41, 5.74) is 0.794. The number of anilines is 1. The summed E-state index contributed by atoms with van der Waals surface area (Å²) in [5.74, 6) is 0.103. The molecule has 3 aromatic rings. The molecule has 0 aromatic heterocycles. The molecular weight excluding hydrogens is 491 g/mol. The fourth-order valence-electron chi connectivity index (χ4n) is 4.65. The van der Waals surface area contributed by atoms with Crippen molar-refractivity contribution in [3.8, 4) is 11.1 Å². The Kier molecular flexibility index (Phi) is 7.65. The third-order valence-electron chi connectivity index (χ3n) is 6.83. The van der Waals surface area contributed by atoms with Gasteiger partial charge in [-0.3, -0.25) is 9.79 Å². The Labute approximate surface area is 221 Å². The minimum atomic E-state index is -4.56. The van der Waals surface area contributed by atoms with Gasteiger partial charge in [0.2, 0.25) is 0 Å². The van der Waals surface area contributed by atoms with Crippen LogP contribution in [-0.2, 0) is 6.18 Å². The number of alkyl halides is 3. The maximum Gasteiger partial charge on any atom is 0.417 e. The van der Waals surface area contributed by atoms with Gasteiger partial charge in [0.05, 0.1) is 17.2 Å². The van der Waals surface area contributed by atoms with Gasteiger partial charge in [0, 0.05) is 36.4 Å². The van der Waals surface area contributed by atoms with Crippen LogP contribution in [0.25, 0.3) is 11.1 Å². The highest BCUT2D eigenvalue weighted by Gasteiger charge is 2.40. The van der Waals surface area contributed by atoms with E-state index >= 15 is 0 Å². The summed E-state index contributed by atoms with van der Waals surface area (Å²) in [6.07, 6.45) is -4.56. The SMILES string of the molecule is CCN(CC)C(=O)c1cccc(-c2cccc(N3CC(C(C)(C)O)N=C3c3ccccc3C(F)(F)F)c2)c1. The number of carbonyl (C=O) groups is 1. The quantitative estimate of drug-likeness (QED) is 0.398. The predicted octanol–water partition coefficient (Wildman–Crippen LogP) is 6.26. The third-order valence-corrected chi connectivity index (χ3v) is 6.83. The van der Waals surface area contributed by atoms with E-state index in [2.05, 4.69) is 4.99 Å². The first-order valence-electron chi connectivity index (χ1n) is 12.7. The summed E-state index contributed by atoms with van der Waals surface area (Å²) >= 11 is 0. The lowest BCUT2D eigenvalue weighted by atomic mass is 9.99. The molecule has 0 bridgehead atoms. The second kappa shape index (κ2) is 10.6. The van der Waals surface area contributed by atoms with Gasteiger partial charge in [-0.1, -0.05) is 42.5 Å². The van der Waals surface area contributed by atoms with E-state index in [1.807, 2.05) is 56.3 Å². The molecule has 3 aromatic carbocycles. The zero-order chi connectivity index (χ0) is 27.7. The first-order chi connectivity index (χ1) is 17.9. The smallest absolute Gasteiger partial charge is 0.388 e. The first kappa shape index (κ1) is 27.4. The van der Waals surface area contributed by atoms with E-state index in [1.54, 1.807) is 35.8 Å². The van der Waals surface area contributed by atoms with Crippen molar-refractivity contribution in [3.05, 3.63) is 89.5 Å². The number of amidine groups is 1. The van der Waals surface area contributed by atoms with Crippen molar-refractivity contribution in [1.82, 2.24) is 4.90 Å². The zero-order valence-electron chi connectivity index (χ0n) is 22.0. The number of halogens is 3. The second-order valence-corrected chi connectivity index (χ2v) is 9.88. The van der Waals surface area contributed by atoms with Crippen LogP contribution in [0, 0.1) is 0 Å². The van der Waals surface area contributed by atoms with Gasteiger partial charge in [0.25, 0.3) is 5.91 Å². The molecule has 1 N–H and O–H groups in total. The molecule has 0 spiro atoms. The maximum absolute atomic E-state index is 13.9. The molecule has 1 unspecified atom stereocenters. The summed E-state index contributed by atoms with van der Waals surface area (Å²) < 4.78 is 41.7. The van der Waals surface area contributed by atoms with Crippen molar-refractivity contribution in [2.45, 2.75) is 45.5 Å². The molecule has 0 radical (unpaired) electrons. The molecule has 1 amide bonds. The second-order valence-electron chi connectivity index (χ2n) is 9.88. The highest BCUT2D eigenvalue weighted by Crippen LogP contribution is 2.36. The van der Waals surface area contributed by atoms with E-state index in [4.69, 9.17) is 0 Å². The Hall–Kier alpha value is -3.65. The van der Waals surface area contributed by atoms with E-state index in [-0.39, 0.29) is 23.9 Å². The van der Waals surface area contributed by atoms with Crippen LogP contribution in [0.5, 0.6) is 0 Å². The van der Waals surface area contributed by atoms with Crippen LogP contribution in [0.4, 0.5) is 18.9 Å². The van der Waals surface area contributed by atoms with Crippen molar-refractivity contribution in [2.24, 2.45) is 4.99 Å². The molecule has 0 saturated heterocycles. The van der Waals surface area contributed by atoms with Gasteiger partial charge in [-0.15, -0.1) is 0 Å². The molecule has 1 heterocycles.